The van der Waals surface area contributed by atoms with Gasteiger partial charge >= 0.3 is 0 Å². The molecule has 1 N–H and O–H groups in total. The lowest BCUT2D eigenvalue weighted by molar-refractivity contribution is -0.140. The molecule has 3 aromatic carbocycles. The van der Waals surface area contributed by atoms with Gasteiger partial charge in [0, 0.05) is 19.5 Å². The van der Waals surface area contributed by atoms with Gasteiger partial charge in [0.25, 0.3) is 0 Å². The van der Waals surface area contributed by atoms with Crippen molar-refractivity contribution in [3.05, 3.63) is 83.4 Å². The van der Waals surface area contributed by atoms with Crippen LogP contribution in [0.25, 0.3) is 10.8 Å². The Labute approximate surface area is 191 Å². The lowest BCUT2D eigenvalue weighted by Crippen LogP contribution is -2.48. The smallest absolute Gasteiger partial charge is 0.242 e. The second kappa shape index (κ2) is 10.9. The molecule has 4 heteroatoms. The van der Waals surface area contributed by atoms with Crippen LogP contribution in [0.3, 0.4) is 0 Å². The Bertz CT molecular complexity index is 1070. The fourth-order valence-corrected chi connectivity index (χ4v) is 3.94. The molecule has 3 aromatic rings. The monoisotopic (exact) mass is 430 g/mol. The summed E-state index contributed by atoms with van der Waals surface area (Å²) in [5.41, 5.74) is 3.33. The van der Waals surface area contributed by atoms with Crippen molar-refractivity contribution in [3.63, 3.8) is 0 Å². The van der Waals surface area contributed by atoms with Crippen LogP contribution in [0.15, 0.2) is 66.7 Å². The van der Waals surface area contributed by atoms with Crippen molar-refractivity contribution in [1.82, 2.24) is 10.2 Å². The van der Waals surface area contributed by atoms with E-state index >= 15 is 0 Å². The molecule has 168 valence electrons. The summed E-state index contributed by atoms with van der Waals surface area (Å²) in [6.07, 6.45) is 1.01. The highest BCUT2D eigenvalue weighted by Gasteiger charge is 2.26. The predicted molar refractivity (Wildman–Crippen MR) is 131 cm³/mol. The molecule has 0 aliphatic rings. The van der Waals surface area contributed by atoms with E-state index in [2.05, 4.69) is 49.5 Å². The van der Waals surface area contributed by atoms with Gasteiger partial charge in [-0.2, -0.15) is 0 Å². The van der Waals surface area contributed by atoms with E-state index in [1.165, 1.54) is 10.8 Å². The molecule has 0 aliphatic heterocycles. The fraction of sp³-hybridized carbons (Fsp3) is 0.357. The summed E-state index contributed by atoms with van der Waals surface area (Å²) in [6.45, 7) is 9.00. The summed E-state index contributed by atoms with van der Waals surface area (Å²) >= 11 is 0. The quantitative estimate of drug-likeness (QED) is 0.503. The Hall–Kier alpha value is -3.14. The topological polar surface area (TPSA) is 49.4 Å². The van der Waals surface area contributed by atoms with Crippen molar-refractivity contribution in [2.24, 2.45) is 5.92 Å². The minimum Gasteiger partial charge on any atom is -0.354 e. The van der Waals surface area contributed by atoms with Crippen LogP contribution in [0.4, 0.5) is 0 Å². The number of hydrogen-bond donors (Lipinski definition) is 1. The van der Waals surface area contributed by atoms with E-state index in [0.717, 1.165) is 16.7 Å². The molecule has 1 atom stereocenters. The minimum atomic E-state index is -0.533. The van der Waals surface area contributed by atoms with Crippen LogP contribution >= 0.6 is 0 Å². The van der Waals surface area contributed by atoms with Crippen molar-refractivity contribution in [2.75, 3.05) is 6.54 Å². The number of amides is 2. The molecule has 0 radical (unpaired) electrons. The number of benzene rings is 3. The van der Waals surface area contributed by atoms with E-state index in [-0.39, 0.29) is 11.8 Å². The number of nitrogens with zero attached hydrogens (tertiary/aromatic N) is 1. The van der Waals surface area contributed by atoms with Crippen molar-refractivity contribution in [1.29, 1.82) is 0 Å². The van der Waals surface area contributed by atoms with Gasteiger partial charge in [0.15, 0.2) is 0 Å². The number of fused-ring (bicyclic) bond motifs is 1. The molecule has 3 rings (SSSR count). The maximum atomic E-state index is 13.4. The number of carbonyl (C=O) groups is 2. The summed E-state index contributed by atoms with van der Waals surface area (Å²) in [5, 5.41) is 5.33. The van der Waals surface area contributed by atoms with Crippen molar-refractivity contribution < 1.29 is 9.59 Å². The molecule has 0 aliphatic carbocycles. The van der Waals surface area contributed by atoms with Crippen molar-refractivity contribution in [2.45, 2.75) is 53.1 Å². The minimum absolute atomic E-state index is 0.00774. The largest absolute Gasteiger partial charge is 0.354 e. The second-order valence-corrected chi connectivity index (χ2v) is 8.96. The molecular formula is C28H34N2O2. The average molecular weight is 431 g/mol. The summed E-state index contributed by atoms with van der Waals surface area (Å²) in [4.78, 5) is 27.9. The maximum Gasteiger partial charge on any atom is 0.242 e. The number of nitrogens with one attached hydrogen (secondary N) is 1. The molecular weight excluding hydrogens is 396 g/mol. The zero-order chi connectivity index (χ0) is 23.1. The van der Waals surface area contributed by atoms with Crippen LogP contribution in [0.2, 0.25) is 0 Å². The van der Waals surface area contributed by atoms with E-state index in [4.69, 9.17) is 0 Å². The molecule has 0 unspecified atom stereocenters. The summed E-state index contributed by atoms with van der Waals surface area (Å²) in [6, 6.07) is 22.0. The van der Waals surface area contributed by atoms with Gasteiger partial charge in [0.05, 0.1) is 0 Å². The Balaban J connectivity index is 1.77. The number of aryl methyl sites for hydroxylation is 2. The SMILES string of the molecule is Cc1cccc(CN(C(=O)CCc2cccc3ccccc23)[C@H](C)C(=O)NCC(C)C)c1. The third-order valence-corrected chi connectivity index (χ3v) is 5.78. The number of rotatable bonds is 9. The van der Waals surface area contributed by atoms with Crippen LogP contribution in [-0.4, -0.2) is 29.3 Å². The van der Waals surface area contributed by atoms with Gasteiger partial charge in [0.2, 0.25) is 11.8 Å². The van der Waals surface area contributed by atoms with Crippen LogP contribution in [0, 0.1) is 12.8 Å². The molecule has 4 nitrogen and oxygen atoms in total. The van der Waals surface area contributed by atoms with E-state index in [1.807, 2.05) is 50.2 Å². The van der Waals surface area contributed by atoms with Gasteiger partial charge in [-0.05, 0) is 48.1 Å². The Morgan fingerprint density at radius 2 is 1.66 bits per heavy atom. The van der Waals surface area contributed by atoms with E-state index in [0.29, 0.717) is 31.8 Å². The number of carbonyl (C=O) groups excluding carboxylic acids is 2. The molecule has 0 saturated heterocycles. The van der Waals surface area contributed by atoms with Gasteiger partial charge < -0.3 is 10.2 Å². The van der Waals surface area contributed by atoms with Gasteiger partial charge in [-0.25, -0.2) is 0 Å². The lowest BCUT2D eigenvalue weighted by Gasteiger charge is -2.29. The van der Waals surface area contributed by atoms with Gasteiger partial charge in [-0.3, -0.25) is 9.59 Å². The molecule has 0 heterocycles. The molecule has 0 bridgehead atoms. The third-order valence-electron chi connectivity index (χ3n) is 5.78. The first-order valence-corrected chi connectivity index (χ1v) is 11.4. The van der Waals surface area contributed by atoms with Gasteiger partial charge in [-0.15, -0.1) is 0 Å². The molecule has 0 aromatic heterocycles. The summed E-state index contributed by atoms with van der Waals surface area (Å²) in [5.74, 6) is 0.245. The normalized spacial score (nSPS) is 12.0. The van der Waals surface area contributed by atoms with Gasteiger partial charge in [-0.1, -0.05) is 86.1 Å². The fourth-order valence-electron chi connectivity index (χ4n) is 3.94. The zero-order valence-electron chi connectivity index (χ0n) is 19.6. The highest BCUT2D eigenvalue weighted by atomic mass is 16.2. The van der Waals surface area contributed by atoms with Crippen LogP contribution < -0.4 is 5.32 Å². The lowest BCUT2D eigenvalue weighted by atomic mass is 10.0. The van der Waals surface area contributed by atoms with Crippen molar-refractivity contribution in [3.8, 4) is 0 Å². The molecule has 0 fully saturated rings. The first-order valence-electron chi connectivity index (χ1n) is 11.4. The highest BCUT2D eigenvalue weighted by molar-refractivity contribution is 5.88. The van der Waals surface area contributed by atoms with Crippen molar-refractivity contribution >= 4 is 22.6 Å². The summed E-state index contributed by atoms with van der Waals surface area (Å²) in [7, 11) is 0. The molecule has 0 spiro atoms. The first-order chi connectivity index (χ1) is 15.3. The van der Waals surface area contributed by atoms with E-state index in [1.54, 1.807) is 4.90 Å². The predicted octanol–water partition coefficient (Wildman–Crippen LogP) is 5.27. The Kier molecular flexibility index (Phi) is 8.04. The maximum absolute atomic E-state index is 13.4. The number of hydrogen-bond acceptors (Lipinski definition) is 2. The Morgan fingerprint density at radius 3 is 2.41 bits per heavy atom. The zero-order valence-corrected chi connectivity index (χ0v) is 19.6. The Morgan fingerprint density at radius 1 is 0.938 bits per heavy atom. The van der Waals surface area contributed by atoms with Crippen LogP contribution in [-0.2, 0) is 22.6 Å². The highest BCUT2D eigenvalue weighted by Crippen LogP contribution is 2.21. The summed E-state index contributed by atoms with van der Waals surface area (Å²) < 4.78 is 0. The second-order valence-electron chi connectivity index (χ2n) is 8.96. The average Bonchev–Trinajstić information content (AvgIpc) is 2.79. The molecule has 2 amide bonds. The molecule has 32 heavy (non-hydrogen) atoms. The van der Waals surface area contributed by atoms with E-state index in [9.17, 15) is 9.59 Å². The van der Waals surface area contributed by atoms with Crippen LogP contribution in [0.1, 0.15) is 43.9 Å². The third kappa shape index (κ3) is 6.19. The van der Waals surface area contributed by atoms with E-state index < -0.39 is 6.04 Å². The first kappa shape index (κ1) is 23.5. The standard InChI is InChI=1S/C28H34N2O2/c1-20(2)18-29-28(32)22(4)30(19-23-10-7-9-21(3)17-23)27(31)16-15-25-13-8-12-24-11-5-6-14-26(24)25/h5-14,17,20,22H,15-16,18-19H2,1-4H3,(H,29,32)/t22-/m1/s1. The van der Waals surface area contributed by atoms with Crippen LogP contribution in [0.5, 0.6) is 0 Å². The van der Waals surface area contributed by atoms with Gasteiger partial charge in [0.1, 0.15) is 6.04 Å². The molecule has 0 saturated carbocycles.